The minimum atomic E-state index is -0.106. The minimum absolute atomic E-state index is 0.0877. The van der Waals surface area contributed by atoms with Crippen LogP contribution < -0.4 is 5.56 Å². The Hall–Kier alpha value is -3.22. The van der Waals surface area contributed by atoms with E-state index in [0.717, 1.165) is 28.1 Å². The molecule has 7 heteroatoms. The van der Waals surface area contributed by atoms with Gasteiger partial charge in [0.2, 0.25) is 5.91 Å². The van der Waals surface area contributed by atoms with Crippen LogP contribution in [0, 0.1) is 12.8 Å². The molecule has 0 bridgehead atoms. The molecule has 31 heavy (non-hydrogen) atoms. The number of carbonyl (C=O) groups is 1. The highest BCUT2D eigenvalue weighted by atomic mass is 16.2. The number of hydrogen-bond acceptors (Lipinski definition) is 4. The largest absolute Gasteiger partial charge is 0.338 e. The van der Waals surface area contributed by atoms with Crippen molar-refractivity contribution in [3.05, 3.63) is 69.4 Å². The maximum atomic E-state index is 13.3. The predicted octanol–water partition coefficient (Wildman–Crippen LogP) is 3.02. The molecule has 0 spiro atoms. The minimum Gasteiger partial charge on any atom is -0.338 e. The summed E-state index contributed by atoms with van der Waals surface area (Å²) < 4.78 is 1.83. The summed E-state index contributed by atoms with van der Waals surface area (Å²) in [4.78, 5) is 35.7. The molecule has 2 heterocycles. The van der Waals surface area contributed by atoms with Gasteiger partial charge in [0.25, 0.3) is 5.56 Å². The van der Waals surface area contributed by atoms with Gasteiger partial charge in [-0.25, -0.2) is 4.98 Å². The van der Waals surface area contributed by atoms with E-state index in [1.807, 2.05) is 67.0 Å². The highest BCUT2D eigenvalue weighted by Crippen LogP contribution is 2.25. The Balaban J connectivity index is 1.52. The van der Waals surface area contributed by atoms with Gasteiger partial charge < -0.3 is 9.88 Å². The van der Waals surface area contributed by atoms with Crippen LogP contribution in [0.15, 0.2) is 41.3 Å². The van der Waals surface area contributed by atoms with E-state index in [1.54, 1.807) is 0 Å². The third-order valence-electron chi connectivity index (χ3n) is 6.36. The number of amides is 1. The summed E-state index contributed by atoms with van der Waals surface area (Å²) in [5.74, 6) is 0.639. The van der Waals surface area contributed by atoms with Gasteiger partial charge >= 0.3 is 0 Å². The average Bonchev–Trinajstić information content (AvgIpc) is 2.97. The van der Waals surface area contributed by atoms with Gasteiger partial charge in [-0.15, -0.1) is 0 Å². The van der Waals surface area contributed by atoms with Gasteiger partial charge in [0.15, 0.2) is 0 Å². The molecular formula is C24H29N5O2. The van der Waals surface area contributed by atoms with Crippen molar-refractivity contribution in [2.75, 3.05) is 6.54 Å². The molecule has 4 rings (SSSR count). The number of hydrogen-bond donors (Lipinski definition) is 1. The molecule has 0 radical (unpaired) electrons. The Morgan fingerprint density at radius 1 is 1.23 bits per heavy atom. The molecule has 1 N–H and O–H groups in total. The maximum Gasteiger partial charge on any atom is 0.254 e. The van der Waals surface area contributed by atoms with Gasteiger partial charge in [0.05, 0.1) is 11.9 Å². The Morgan fingerprint density at radius 3 is 2.65 bits per heavy atom. The number of nitrogens with one attached hydrogen (secondary N) is 1. The molecule has 2 aromatic heterocycles. The molecule has 0 fully saturated rings. The average molecular weight is 420 g/mol. The molecule has 0 saturated carbocycles. The highest BCUT2D eigenvalue weighted by Gasteiger charge is 2.28. The Morgan fingerprint density at radius 2 is 1.97 bits per heavy atom. The Labute approximate surface area is 182 Å². The van der Waals surface area contributed by atoms with E-state index in [0.29, 0.717) is 44.6 Å². The van der Waals surface area contributed by atoms with Crippen LogP contribution in [0.1, 0.15) is 42.3 Å². The molecular weight excluding hydrogens is 390 g/mol. The van der Waals surface area contributed by atoms with Crippen LogP contribution >= 0.6 is 0 Å². The zero-order valence-electron chi connectivity index (χ0n) is 18.4. The fourth-order valence-corrected chi connectivity index (χ4v) is 4.27. The van der Waals surface area contributed by atoms with E-state index < -0.39 is 0 Å². The predicted molar refractivity (Wildman–Crippen MR) is 119 cm³/mol. The van der Waals surface area contributed by atoms with E-state index in [1.165, 1.54) is 0 Å². The van der Waals surface area contributed by atoms with Crippen molar-refractivity contribution >= 4 is 5.91 Å². The van der Waals surface area contributed by atoms with E-state index in [2.05, 4.69) is 10.1 Å². The molecule has 162 valence electrons. The zero-order chi connectivity index (χ0) is 22.0. The third-order valence-corrected chi connectivity index (χ3v) is 6.36. The summed E-state index contributed by atoms with van der Waals surface area (Å²) in [5, 5.41) is 4.29. The molecule has 3 aromatic rings. The number of carbonyl (C=O) groups excluding carboxylic acids is 1. The maximum absolute atomic E-state index is 13.3. The fourth-order valence-electron chi connectivity index (χ4n) is 4.27. The summed E-state index contributed by atoms with van der Waals surface area (Å²) in [6, 6.07) is 9.67. The SMILES string of the molecule is CCN(Cc1cnn(C)c1C)C(=O)C1CCc2nc(-c3ccccc3)[nH]c(=O)c2CC1. The van der Waals surface area contributed by atoms with Gasteiger partial charge in [0.1, 0.15) is 5.82 Å². The lowest BCUT2D eigenvalue weighted by Gasteiger charge is -2.25. The van der Waals surface area contributed by atoms with Gasteiger partial charge in [-0.3, -0.25) is 14.3 Å². The third kappa shape index (κ3) is 4.31. The Bertz CT molecular complexity index is 1130. The molecule has 1 aliphatic rings. The van der Waals surface area contributed by atoms with Crippen LogP contribution in [0.3, 0.4) is 0 Å². The summed E-state index contributed by atoms with van der Waals surface area (Å²) >= 11 is 0. The lowest BCUT2D eigenvalue weighted by Crippen LogP contribution is -2.36. The van der Waals surface area contributed by atoms with Gasteiger partial charge in [0, 0.05) is 48.4 Å². The Kier molecular flexibility index (Phi) is 6.02. The molecule has 1 unspecified atom stereocenters. The molecule has 1 atom stereocenters. The standard InChI is InChI=1S/C24H29N5O2/c1-4-29(15-19-14-25-28(3)16(19)2)24(31)18-10-12-20-21(13-11-18)26-22(27-23(20)30)17-8-6-5-7-9-17/h5-9,14,18H,4,10-13,15H2,1-3H3,(H,26,27,30). The van der Waals surface area contributed by atoms with Crippen LogP contribution in [0.25, 0.3) is 11.4 Å². The van der Waals surface area contributed by atoms with E-state index >= 15 is 0 Å². The van der Waals surface area contributed by atoms with E-state index in [-0.39, 0.29) is 17.4 Å². The molecule has 1 aliphatic carbocycles. The van der Waals surface area contributed by atoms with Crippen LogP contribution in [-0.2, 0) is 31.2 Å². The number of H-pyrrole nitrogens is 1. The topological polar surface area (TPSA) is 83.9 Å². The highest BCUT2D eigenvalue weighted by molar-refractivity contribution is 5.79. The van der Waals surface area contributed by atoms with Crippen LogP contribution in [0.5, 0.6) is 0 Å². The smallest absolute Gasteiger partial charge is 0.254 e. The second-order valence-corrected chi connectivity index (χ2v) is 8.21. The second-order valence-electron chi connectivity index (χ2n) is 8.21. The van der Waals surface area contributed by atoms with Gasteiger partial charge in [-0.1, -0.05) is 30.3 Å². The molecule has 7 nitrogen and oxygen atoms in total. The number of aryl methyl sites for hydroxylation is 2. The van der Waals surface area contributed by atoms with Crippen molar-refractivity contribution in [2.24, 2.45) is 13.0 Å². The van der Waals surface area contributed by atoms with Crippen LogP contribution in [0.2, 0.25) is 0 Å². The van der Waals surface area contributed by atoms with Gasteiger partial charge in [-0.05, 0) is 39.5 Å². The molecule has 1 aromatic carbocycles. The lowest BCUT2D eigenvalue weighted by atomic mass is 9.97. The van der Waals surface area contributed by atoms with E-state index in [4.69, 9.17) is 4.98 Å². The first kappa shape index (κ1) is 21.0. The van der Waals surface area contributed by atoms with Crippen molar-refractivity contribution in [1.82, 2.24) is 24.6 Å². The number of nitrogens with zero attached hydrogens (tertiary/aromatic N) is 4. The lowest BCUT2D eigenvalue weighted by molar-refractivity contribution is -0.136. The first-order valence-electron chi connectivity index (χ1n) is 10.9. The molecule has 0 saturated heterocycles. The quantitative estimate of drug-likeness (QED) is 0.645. The summed E-state index contributed by atoms with van der Waals surface area (Å²) in [6.45, 7) is 5.24. The molecule has 0 aliphatic heterocycles. The first-order chi connectivity index (χ1) is 15.0. The van der Waals surface area contributed by atoms with Crippen molar-refractivity contribution in [3.63, 3.8) is 0 Å². The second kappa shape index (κ2) is 8.88. The fraction of sp³-hybridized carbons (Fsp3) is 0.417. The normalized spacial score (nSPS) is 15.9. The number of benzene rings is 1. The van der Waals surface area contributed by atoms with Crippen LogP contribution in [0.4, 0.5) is 0 Å². The van der Waals surface area contributed by atoms with Crippen LogP contribution in [-0.4, -0.2) is 37.1 Å². The number of rotatable bonds is 5. The first-order valence-corrected chi connectivity index (χ1v) is 10.9. The van der Waals surface area contributed by atoms with Crippen molar-refractivity contribution < 1.29 is 4.79 Å². The van der Waals surface area contributed by atoms with Crippen molar-refractivity contribution in [2.45, 2.75) is 46.1 Å². The van der Waals surface area contributed by atoms with Crippen molar-refractivity contribution in [3.8, 4) is 11.4 Å². The summed E-state index contributed by atoms with van der Waals surface area (Å²) in [5.41, 5.74) is 4.49. The molecule has 1 amide bonds. The summed E-state index contributed by atoms with van der Waals surface area (Å²) in [7, 11) is 1.91. The monoisotopic (exact) mass is 419 g/mol. The number of aromatic amines is 1. The van der Waals surface area contributed by atoms with Crippen molar-refractivity contribution in [1.29, 1.82) is 0 Å². The summed E-state index contributed by atoms with van der Waals surface area (Å²) in [6.07, 6.45) is 4.43. The zero-order valence-corrected chi connectivity index (χ0v) is 18.4. The van der Waals surface area contributed by atoms with E-state index in [9.17, 15) is 9.59 Å². The number of fused-ring (bicyclic) bond motifs is 1. The van der Waals surface area contributed by atoms with Gasteiger partial charge in [-0.2, -0.15) is 5.10 Å². The number of aromatic nitrogens is 4.